The molecule has 0 saturated heterocycles. The van der Waals surface area contributed by atoms with Gasteiger partial charge in [-0.15, -0.1) is 10.2 Å². The highest BCUT2D eigenvalue weighted by atomic mass is 19.1. The van der Waals surface area contributed by atoms with Crippen LogP contribution in [0.2, 0.25) is 0 Å². The second kappa shape index (κ2) is 6.41. The third-order valence-electron chi connectivity index (χ3n) is 4.31. The van der Waals surface area contributed by atoms with Crippen molar-refractivity contribution in [3.8, 4) is 0 Å². The van der Waals surface area contributed by atoms with Gasteiger partial charge in [0.25, 0.3) is 5.91 Å². The maximum absolute atomic E-state index is 13.2. The number of hydrogen-bond acceptors (Lipinski definition) is 5. The monoisotopic (exact) mass is 319 g/mol. The Morgan fingerprint density at radius 1 is 1.35 bits per heavy atom. The molecule has 1 unspecified atom stereocenters. The SMILES string of the molecule is COC1(C(=O)NC(c2ccc(F)cc2)c2nn[nH]n2)CCCC1. The van der Waals surface area contributed by atoms with Crippen LogP contribution in [-0.2, 0) is 9.53 Å². The van der Waals surface area contributed by atoms with Gasteiger partial charge in [0.15, 0.2) is 0 Å². The summed E-state index contributed by atoms with van der Waals surface area (Å²) in [5, 5.41) is 16.7. The van der Waals surface area contributed by atoms with Crippen molar-refractivity contribution < 1.29 is 13.9 Å². The van der Waals surface area contributed by atoms with Gasteiger partial charge in [0.2, 0.25) is 5.82 Å². The Labute approximate surface area is 132 Å². The van der Waals surface area contributed by atoms with E-state index in [-0.39, 0.29) is 11.7 Å². The number of methoxy groups -OCH3 is 1. The molecule has 1 heterocycles. The van der Waals surface area contributed by atoms with E-state index < -0.39 is 11.6 Å². The van der Waals surface area contributed by atoms with Crippen molar-refractivity contribution in [1.29, 1.82) is 0 Å². The number of tetrazole rings is 1. The van der Waals surface area contributed by atoms with Gasteiger partial charge in [0.05, 0.1) is 0 Å². The number of H-pyrrole nitrogens is 1. The lowest BCUT2D eigenvalue weighted by Crippen LogP contribution is -2.47. The normalized spacial score (nSPS) is 17.8. The third kappa shape index (κ3) is 3.07. The molecule has 1 aliphatic carbocycles. The molecule has 2 aromatic rings. The van der Waals surface area contributed by atoms with Gasteiger partial charge in [-0.3, -0.25) is 4.79 Å². The van der Waals surface area contributed by atoms with Crippen molar-refractivity contribution in [2.45, 2.75) is 37.3 Å². The van der Waals surface area contributed by atoms with E-state index in [1.54, 1.807) is 19.2 Å². The maximum atomic E-state index is 13.2. The highest BCUT2D eigenvalue weighted by Gasteiger charge is 2.42. The first-order valence-electron chi connectivity index (χ1n) is 7.49. The molecular weight excluding hydrogens is 301 g/mol. The fourth-order valence-electron chi connectivity index (χ4n) is 2.98. The molecule has 7 nitrogen and oxygen atoms in total. The summed E-state index contributed by atoms with van der Waals surface area (Å²) >= 11 is 0. The average molecular weight is 319 g/mol. The predicted octanol–water partition coefficient (Wildman–Crippen LogP) is 1.50. The Morgan fingerprint density at radius 3 is 2.61 bits per heavy atom. The first kappa shape index (κ1) is 15.5. The molecule has 0 bridgehead atoms. The van der Waals surface area contributed by atoms with E-state index in [9.17, 15) is 9.18 Å². The number of aromatic amines is 1. The number of amides is 1. The van der Waals surface area contributed by atoms with E-state index in [1.165, 1.54) is 12.1 Å². The van der Waals surface area contributed by atoms with E-state index in [0.29, 0.717) is 24.2 Å². The van der Waals surface area contributed by atoms with Crippen LogP contribution in [0.4, 0.5) is 4.39 Å². The number of rotatable bonds is 5. The zero-order valence-electron chi connectivity index (χ0n) is 12.8. The van der Waals surface area contributed by atoms with Crippen molar-refractivity contribution in [3.63, 3.8) is 0 Å². The molecule has 3 rings (SSSR count). The molecule has 1 saturated carbocycles. The number of aromatic nitrogens is 4. The molecule has 1 atom stereocenters. The van der Waals surface area contributed by atoms with Gasteiger partial charge in [-0.2, -0.15) is 5.21 Å². The van der Waals surface area contributed by atoms with Gasteiger partial charge in [-0.25, -0.2) is 4.39 Å². The van der Waals surface area contributed by atoms with Crippen molar-refractivity contribution in [3.05, 3.63) is 41.5 Å². The quantitative estimate of drug-likeness (QED) is 0.871. The molecule has 0 aliphatic heterocycles. The van der Waals surface area contributed by atoms with Crippen LogP contribution in [0.1, 0.15) is 43.1 Å². The minimum atomic E-state index is -0.817. The van der Waals surface area contributed by atoms with Crippen LogP contribution in [-0.4, -0.2) is 39.2 Å². The van der Waals surface area contributed by atoms with Crippen LogP contribution in [0.25, 0.3) is 0 Å². The van der Waals surface area contributed by atoms with Crippen LogP contribution in [0.15, 0.2) is 24.3 Å². The van der Waals surface area contributed by atoms with Crippen molar-refractivity contribution in [1.82, 2.24) is 25.9 Å². The number of ether oxygens (including phenoxy) is 1. The number of halogens is 1. The molecule has 1 amide bonds. The van der Waals surface area contributed by atoms with Crippen LogP contribution in [0.5, 0.6) is 0 Å². The second-order valence-corrected chi connectivity index (χ2v) is 5.63. The Bertz CT molecular complexity index is 653. The lowest BCUT2D eigenvalue weighted by atomic mass is 9.99. The molecule has 8 heteroatoms. The number of carbonyl (C=O) groups is 1. The summed E-state index contributed by atoms with van der Waals surface area (Å²) in [7, 11) is 1.55. The molecule has 0 spiro atoms. The van der Waals surface area contributed by atoms with Gasteiger partial charge in [-0.05, 0) is 43.4 Å². The van der Waals surface area contributed by atoms with Crippen LogP contribution < -0.4 is 5.32 Å². The van der Waals surface area contributed by atoms with Gasteiger partial charge in [0.1, 0.15) is 17.5 Å². The lowest BCUT2D eigenvalue weighted by molar-refractivity contribution is -0.143. The molecule has 0 radical (unpaired) electrons. The van der Waals surface area contributed by atoms with Crippen LogP contribution >= 0.6 is 0 Å². The van der Waals surface area contributed by atoms with E-state index in [1.807, 2.05) is 0 Å². The molecule has 1 aromatic carbocycles. The Morgan fingerprint density at radius 2 is 2.04 bits per heavy atom. The topological polar surface area (TPSA) is 92.8 Å². The Hall–Kier alpha value is -2.35. The lowest BCUT2D eigenvalue weighted by Gasteiger charge is -2.28. The maximum Gasteiger partial charge on any atom is 0.253 e. The smallest absolute Gasteiger partial charge is 0.253 e. The largest absolute Gasteiger partial charge is 0.368 e. The summed E-state index contributed by atoms with van der Waals surface area (Å²) in [6, 6.07) is 5.22. The highest BCUT2D eigenvalue weighted by Crippen LogP contribution is 2.34. The van der Waals surface area contributed by atoms with Crippen LogP contribution in [0.3, 0.4) is 0 Å². The number of benzene rings is 1. The van der Waals surface area contributed by atoms with Crippen molar-refractivity contribution in [2.75, 3.05) is 7.11 Å². The summed E-state index contributed by atoms with van der Waals surface area (Å²) in [5.41, 5.74) is -0.146. The van der Waals surface area contributed by atoms with Crippen molar-refractivity contribution >= 4 is 5.91 Å². The van der Waals surface area contributed by atoms with Gasteiger partial charge in [-0.1, -0.05) is 17.3 Å². The van der Waals surface area contributed by atoms with Gasteiger partial charge < -0.3 is 10.1 Å². The first-order valence-corrected chi connectivity index (χ1v) is 7.49. The molecule has 1 aliphatic rings. The van der Waals surface area contributed by atoms with Gasteiger partial charge in [0, 0.05) is 7.11 Å². The summed E-state index contributed by atoms with van der Waals surface area (Å²) in [4.78, 5) is 12.7. The first-order chi connectivity index (χ1) is 11.1. The number of hydrogen-bond donors (Lipinski definition) is 2. The third-order valence-corrected chi connectivity index (χ3v) is 4.31. The van der Waals surface area contributed by atoms with Crippen molar-refractivity contribution in [2.24, 2.45) is 0 Å². The van der Waals surface area contributed by atoms with Gasteiger partial charge >= 0.3 is 0 Å². The zero-order valence-corrected chi connectivity index (χ0v) is 12.8. The van der Waals surface area contributed by atoms with E-state index in [0.717, 1.165) is 12.8 Å². The van der Waals surface area contributed by atoms with E-state index >= 15 is 0 Å². The Balaban J connectivity index is 1.87. The number of nitrogens with zero attached hydrogens (tertiary/aromatic N) is 3. The van der Waals surface area contributed by atoms with E-state index in [2.05, 4.69) is 25.9 Å². The molecular formula is C15H18FN5O2. The summed E-state index contributed by atoms with van der Waals surface area (Å²) in [5.74, 6) is -0.248. The second-order valence-electron chi connectivity index (χ2n) is 5.63. The summed E-state index contributed by atoms with van der Waals surface area (Å²) in [6.45, 7) is 0. The molecule has 23 heavy (non-hydrogen) atoms. The number of nitrogens with one attached hydrogen (secondary N) is 2. The zero-order chi connectivity index (χ0) is 16.3. The standard InChI is InChI=1S/C15H18FN5O2/c1-23-15(8-2-3-9-15)14(22)17-12(13-18-20-21-19-13)10-4-6-11(16)7-5-10/h4-7,12H,2-3,8-9H2,1H3,(H,17,22)(H,18,19,20,21). The molecule has 122 valence electrons. The minimum Gasteiger partial charge on any atom is -0.368 e. The molecule has 1 fully saturated rings. The summed E-state index contributed by atoms with van der Waals surface area (Å²) < 4.78 is 18.7. The van der Waals surface area contributed by atoms with Crippen LogP contribution in [0, 0.1) is 5.82 Å². The number of carbonyl (C=O) groups excluding carboxylic acids is 1. The average Bonchev–Trinajstić information content (AvgIpc) is 3.25. The van der Waals surface area contributed by atoms with E-state index in [4.69, 9.17) is 4.74 Å². The predicted molar refractivity (Wildman–Crippen MR) is 78.8 cm³/mol. The summed E-state index contributed by atoms with van der Waals surface area (Å²) in [6.07, 6.45) is 3.25. The fourth-order valence-corrected chi connectivity index (χ4v) is 2.98. The molecule has 1 aromatic heterocycles. The highest BCUT2D eigenvalue weighted by molar-refractivity contribution is 5.86. The fraction of sp³-hybridized carbons (Fsp3) is 0.467. The molecule has 2 N–H and O–H groups in total. The minimum absolute atomic E-state index is 0.211. The Kier molecular flexibility index (Phi) is 4.33.